The van der Waals surface area contributed by atoms with Crippen LogP contribution in [0.1, 0.15) is 31.7 Å². The molecule has 3 nitrogen and oxygen atoms in total. The van der Waals surface area contributed by atoms with Crippen LogP contribution < -0.4 is 10.2 Å². The van der Waals surface area contributed by atoms with Crippen molar-refractivity contribution >= 4 is 5.69 Å². The number of piperidine rings is 1. The summed E-state index contributed by atoms with van der Waals surface area (Å²) in [5.41, 5.74) is 2.91. The molecule has 0 radical (unpaired) electrons. The molecule has 0 aromatic heterocycles. The van der Waals surface area contributed by atoms with E-state index in [2.05, 4.69) is 53.4 Å². The second-order valence-electron chi connectivity index (χ2n) is 6.84. The molecule has 1 aromatic rings. The van der Waals surface area contributed by atoms with Gasteiger partial charge in [-0.3, -0.25) is 0 Å². The molecule has 1 aromatic carbocycles. The van der Waals surface area contributed by atoms with Crippen molar-refractivity contribution < 1.29 is 0 Å². The molecule has 2 aliphatic heterocycles. The van der Waals surface area contributed by atoms with Gasteiger partial charge >= 0.3 is 0 Å². The van der Waals surface area contributed by atoms with Crippen molar-refractivity contribution in [3.8, 4) is 0 Å². The van der Waals surface area contributed by atoms with Gasteiger partial charge in [0.1, 0.15) is 0 Å². The fourth-order valence-electron chi connectivity index (χ4n) is 3.83. The lowest BCUT2D eigenvalue weighted by molar-refractivity contribution is 0.174. The predicted molar refractivity (Wildman–Crippen MR) is 89.8 cm³/mol. The molecule has 2 heterocycles. The Morgan fingerprint density at radius 2 is 1.90 bits per heavy atom. The number of likely N-dealkylation sites (tertiary alicyclic amines) is 1. The maximum absolute atomic E-state index is 3.82. The number of nitrogens with one attached hydrogen (secondary N) is 1. The van der Waals surface area contributed by atoms with Crippen LogP contribution in [0.25, 0.3) is 0 Å². The largest absolute Gasteiger partial charge is 0.371 e. The topological polar surface area (TPSA) is 18.5 Å². The highest BCUT2D eigenvalue weighted by Gasteiger charge is 2.24. The Morgan fingerprint density at radius 1 is 1.14 bits per heavy atom. The average molecular weight is 287 g/mol. The van der Waals surface area contributed by atoms with E-state index < -0.39 is 0 Å². The second kappa shape index (κ2) is 6.80. The van der Waals surface area contributed by atoms with Crippen molar-refractivity contribution in [2.24, 2.45) is 5.92 Å². The number of anilines is 1. The summed E-state index contributed by atoms with van der Waals surface area (Å²) >= 11 is 0. The lowest BCUT2D eigenvalue weighted by atomic mass is 9.94. The minimum Gasteiger partial charge on any atom is -0.371 e. The maximum Gasteiger partial charge on any atom is 0.0411 e. The zero-order valence-electron chi connectivity index (χ0n) is 13.5. The molecule has 2 atom stereocenters. The summed E-state index contributed by atoms with van der Waals surface area (Å²) in [7, 11) is 2.23. The number of para-hydroxylation sites is 1. The number of rotatable bonds is 4. The predicted octanol–water partition coefficient (Wildman–Crippen LogP) is 2.72. The molecule has 3 rings (SSSR count). The monoisotopic (exact) mass is 287 g/mol. The molecule has 2 fully saturated rings. The van der Waals surface area contributed by atoms with Gasteiger partial charge < -0.3 is 15.1 Å². The maximum atomic E-state index is 3.82. The summed E-state index contributed by atoms with van der Waals surface area (Å²) in [5, 5.41) is 3.82. The first-order valence-corrected chi connectivity index (χ1v) is 8.49. The summed E-state index contributed by atoms with van der Waals surface area (Å²) in [6, 6.07) is 9.60. The normalized spacial score (nSPS) is 27.2. The molecule has 21 heavy (non-hydrogen) atoms. The molecule has 1 N–H and O–H groups in total. The quantitative estimate of drug-likeness (QED) is 0.918. The van der Waals surface area contributed by atoms with Crippen molar-refractivity contribution in [1.82, 2.24) is 10.2 Å². The molecule has 2 saturated heterocycles. The van der Waals surface area contributed by atoms with Crippen LogP contribution in [-0.4, -0.2) is 44.2 Å². The van der Waals surface area contributed by atoms with Gasteiger partial charge in [0.05, 0.1) is 0 Å². The van der Waals surface area contributed by atoms with Crippen LogP contribution in [0.5, 0.6) is 0 Å². The number of nitrogens with zero attached hydrogens (tertiary/aromatic N) is 2. The van der Waals surface area contributed by atoms with Gasteiger partial charge in [-0.15, -0.1) is 0 Å². The van der Waals surface area contributed by atoms with Crippen molar-refractivity contribution in [3.63, 3.8) is 0 Å². The van der Waals surface area contributed by atoms with E-state index in [1.165, 1.54) is 56.7 Å². The molecule has 2 aliphatic rings. The van der Waals surface area contributed by atoms with Crippen LogP contribution in [0.15, 0.2) is 24.3 Å². The molecule has 3 heteroatoms. The third-order valence-electron chi connectivity index (χ3n) is 5.10. The molecule has 0 amide bonds. The Labute approximate surface area is 129 Å². The molecular formula is C18H29N3. The lowest BCUT2D eigenvalue weighted by Gasteiger charge is -2.35. The summed E-state index contributed by atoms with van der Waals surface area (Å²) in [6.07, 6.45) is 3.95. The zero-order chi connectivity index (χ0) is 14.7. The average Bonchev–Trinajstić information content (AvgIpc) is 3.01. The Balaban J connectivity index is 1.62. The van der Waals surface area contributed by atoms with Crippen LogP contribution >= 0.6 is 0 Å². The van der Waals surface area contributed by atoms with Crippen molar-refractivity contribution in [3.05, 3.63) is 29.8 Å². The minimum absolute atomic E-state index is 0.660. The first-order valence-electron chi connectivity index (χ1n) is 8.49. The van der Waals surface area contributed by atoms with Gasteiger partial charge in [-0.05, 0) is 50.4 Å². The molecule has 116 valence electrons. The summed E-state index contributed by atoms with van der Waals surface area (Å²) in [4.78, 5) is 5.00. The Kier molecular flexibility index (Phi) is 4.81. The summed E-state index contributed by atoms with van der Waals surface area (Å²) < 4.78 is 0. The standard InChI is InChI=1S/C18H29N3/c1-15-14-20(2)12-9-17(15)19-13-16-7-3-4-8-18(16)21-10-5-6-11-21/h3-4,7-8,15,17,19H,5-6,9-14H2,1-2H3. The van der Waals surface area contributed by atoms with E-state index in [4.69, 9.17) is 0 Å². The molecular weight excluding hydrogens is 258 g/mol. The summed E-state index contributed by atoms with van der Waals surface area (Å²) in [5.74, 6) is 0.739. The molecule has 0 aliphatic carbocycles. The second-order valence-corrected chi connectivity index (χ2v) is 6.84. The SMILES string of the molecule is CC1CN(C)CCC1NCc1ccccc1N1CCCC1. The van der Waals surface area contributed by atoms with E-state index in [0.717, 1.165) is 12.5 Å². The molecule has 0 bridgehead atoms. The van der Waals surface area contributed by atoms with Gasteiger partial charge in [0.2, 0.25) is 0 Å². The number of benzene rings is 1. The van der Waals surface area contributed by atoms with Crippen molar-refractivity contribution in [2.75, 3.05) is 38.1 Å². The fraction of sp³-hybridized carbons (Fsp3) is 0.667. The molecule has 2 unspecified atom stereocenters. The Hall–Kier alpha value is -1.06. The van der Waals surface area contributed by atoms with E-state index in [1.807, 2.05) is 0 Å². The van der Waals surface area contributed by atoms with Crippen LogP contribution in [-0.2, 0) is 6.54 Å². The lowest BCUT2D eigenvalue weighted by Crippen LogP contribution is -2.46. The molecule has 0 spiro atoms. The van der Waals surface area contributed by atoms with Crippen LogP contribution in [0.4, 0.5) is 5.69 Å². The fourth-order valence-corrected chi connectivity index (χ4v) is 3.83. The molecule has 0 saturated carbocycles. The summed E-state index contributed by atoms with van der Waals surface area (Å²) in [6.45, 7) is 8.26. The van der Waals surface area contributed by atoms with Gasteiger partial charge in [0.25, 0.3) is 0 Å². The van der Waals surface area contributed by atoms with Crippen LogP contribution in [0.3, 0.4) is 0 Å². The van der Waals surface area contributed by atoms with Crippen LogP contribution in [0.2, 0.25) is 0 Å². The van der Waals surface area contributed by atoms with Crippen LogP contribution in [0, 0.1) is 5.92 Å². The van der Waals surface area contributed by atoms with Gasteiger partial charge in [-0.1, -0.05) is 25.1 Å². The number of hydrogen-bond acceptors (Lipinski definition) is 3. The highest BCUT2D eigenvalue weighted by Crippen LogP contribution is 2.25. The zero-order valence-corrected chi connectivity index (χ0v) is 13.5. The van der Waals surface area contributed by atoms with E-state index in [-0.39, 0.29) is 0 Å². The van der Waals surface area contributed by atoms with E-state index >= 15 is 0 Å². The first-order chi connectivity index (χ1) is 10.2. The Bertz CT molecular complexity index is 454. The van der Waals surface area contributed by atoms with Gasteiger partial charge in [0, 0.05) is 37.9 Å². The minimum atomic E-state index is 0.660. The third-order valence-corrected chi connectivity index (χ3v) is 5.10. The smallest absolute Gasteiger partial charge is 0.0411 e. The highest BCUT2D eigenvalue weighted by atomic mass is 15.2. The third kappa shape index (κ3) is 3.58. The van der Waals surface area contributed by atoms with Gasteiger partial charge in [0.15, 0.2) is 0 Å². The van der Waals surface area contributed by atoms with Gasteiger partial charge in [-0.2, -0.15) is 0 Å². The first kappa shape index (κ1) is 14.9. The van der Waals surface area contributed by atoms with E-state index in [1.54, 1.807) is 0 Å². The van der Waals surface area contributed by atoms with E-state index in [9.17, 15) is 0 Å². The van der Waals surface area contributed by atoms with Crippen molar-refractivity contribution in [1.29, 1.82) is 0 Å². The highest BCUT2D eigenvalue weighted by molar-refractivity contribution is 5.54. The van der Waals surface area contributed by atoms with Gasteiger partial charge in [-0.25, -0.2) is 0 Å². The van der Waals surface area contributed by atoms with E-state index in [0.29, 0.717) is 6.04 Å². The van der Waals surface area contributed by atoms with Crippen molar-refractivity contribution in [2.45, 2.75) is 38.8 Å². The Morgan fingerprint density at radius 3 is 2.67 bits per heavy atom. The number of hydrogen-bond donors (Lipinski definition) is 1.